The fourth-order valence-corrected chi connectivity index (χ4v) is 4.78. The quantitative estimate of drug-likeness (QED) is 0.429. The normalized spacial score (nSPS) is 23.3. The summed E-state index contributed by atoms with van der Waals surface area (Å²) >= 11 is 0. The molecule has 3 atom stereocenters. The topological polar surface area (TPSA) is 55.8 Å². The third-order valence-electron chi connectivity index (χ3n) is 6.03. The first-order valence-electron chi connectivity index (χ1n) is 9.64. The molecular formula is C22H26O4. The molecule has 0 radical (unpaired) electrons. The van der Waals surface area contributed by atoms with Gasteiger partial charge >= 0.3 is 6.16 Å². The Balaban J connectivity index is 1.83. The van der Waals surface area contributed by atoms with Gasteiger partial charge in [0.1, 0.15) is 11.5 Å². The number of phenolic OH excluding ortho intramolecular Hbond substituents is 1. The maximum Gasteiger partial charge on any atom is 0.513 e. The van der Waals surface area contributed by atoms with Crippen molar-refractivity contribution in [2.45, 2.75) is 58.3 Å². The molecule has 3 unspecified atom stereocenters. The van der Waals surface area contributed by atoms with Crippen molar-refractivity contribution < 1.29 is 19.4 Å². The van der Waals surface area contributed by atoms with E-state index >= 15 is 0 Å². The van der Waals surface area contributed by atoms with Crippen LogP contribution in [-0.4, -0.2) is 17.9 Å². The highest BCUT2D eigenvalue weighted by molar-refractivity contribution is 5.98. The Bertz CT molecular complexity index is 870. The fourth-order valence-electron chi connectivity index (χ4n) is 4.78. The van der Waals surface area contributed by atoms with Crippen LogP contribution in [0.3, 0.4) is 0 Å². The lowest BCUT2D eigenvalue weighted by Crippen LogP contribution is -2.15. The third kappa shape index (κ3) is 2.63. The van der Waals surface area contributed by atoms with Gasteiger partial charge in [-0.05, 0) is 50.0 Å². The Morgan fingerprint density at radius 1 is 1.23 bits per heavy atom. The van der Waals surface area contributed by atoms with Gasteiger partial charge in [0.25, 0.3) is 0 Å². The fraction of sp³-hybridized carbons (Fsp3) is 0.500. The van der Waals surface area contributed by atoms with Gasteiger partial charge in [0.15, 0.2) is 0 Å². The van der Waals surface area contributed by atoms with E-state index in [0.29, 0.717) is 35.9 Å². The van der Waals surface area contributed by atoms with Gasteiger partial charge in [-0.1, -0.05) is 38.0 Å². The molecule has 138 valence electrons. The summed E-state index contributed by atoms with van der Waals surface area (Å²) in [6.45, 7) is 6.67. The number of carbonyl (C=O) groups is 1. The van der Waals surface area contributed by atoms with Crippen molar-refractivity contribution in [1.82, 2.24) is 0 Å². The lowest BCUT2D eigenvalue weighted by atomic mass is 9.82. The average molecular weight is 354 g/mol. The summed E-state index contributed by atoms with van der Waals surface area (Å²) in [4.78, 5) is 12.3. The maximum absolute atomic E-state index is 12.3. The first-order chi connectivity index (χ1) is 12.5. The summed E-state index contributed by atoms with van der Waals surface area (Å²) in [7, 11) is 0. The molecule has 1 N–H and O–H groups in total. The van der Waals surface area contributed by atoms with Crippen LogP contribution in [-0.2, 0) is 4.74 Å². The van der Waals surface area contributed by atoms with E-state index in [1.54, 1.807) is 0 Å². The van der Waals surface area contributed by atoms with Gasteiger partial charge < -0.3 is 14.6 Å². The summed E-state index contributed by atoms with van der Waals surface area (Å²) in [6, 6.07) is 5.89. The van der Waals surface area contributed by atoms with Crippen LogP contribution in [0.4, 0.5) is 4.79 Å². The molecule has 4 nitrogen and oxygen atoms in total. The number of aromatic hydroxyl groups is 1. The van der Waals surface area contributed by atoms with E-state index in [4.69, 9.17) is 9.47 Å². The highest BCUT2D eigenvalue weighted by Crippen LogP contribution is 2.62. The molecule has 0 saturated heterocycles. The largest absolute Gasteiger partial charge is 0.513 e. The van der Waals surface area contributed by atoms with E-state index in [1.807, 2.05) is 25.1 Å². The number of benzene rings is 2. The van der Waals surface area contributed by atoms with E-state index in [2.05, 4.69) is 13.8 Å². The Morgan fingerprint density at radius 3 is 2.81 bits per heavy atom. The molecule has 4 heteroatoms. The van der Waals surface area contributed by atoms with Crippen LogP contribution >= 0.6 is 0 Å². The number of ether oxygens (including phenoxy) is 2. The molecule has 1 fully saturated rings. The molecule has 0 aromatic heterocycles. The summed E-state index contributed by atoms with van der Waals surface area (Å²) < 4.78 is 11.0. The minimum absolute atomic E-state index is 0.346. The SMILES string of the molecule is CCCCOC(=O)Oc1c2c(c(O)c3ccc(C)cc13)C1CC2CC1C. The minimum Gasteiger partial charge on any atom is -0.507 e. The Hall–Kier alpha value is -2.23. The highest BCUT2D eigenvalue weighted by atomic mass is 16.7. The average Bonchev–Trinajstić information content (AvgIpc) is 3.16. The van der Waals surface area contributed by atoms with E-state index in [0.717, 1.165) is 53.1 Å². The Kier molecular flexibility index (Phi) is 4.29. The van der Waals surface area contributed by atoms with E-state index in [-0.39, 0.29) is 0 Å². The zero-order valence-corrected chi connectivity index (χ0v) is 15.7. The predicted molar refractivity (Wildman–Crippen MR) is 101 cm³/mol. The zero-order chi connectivity index (χ0) is 18.4. The first kappa shape index (κ1) is 17.2. The van der Waals surface area contributed by atoms with E-state index < -0.39 is 6.16 Å². The number of hydrogen-bond acceptors (Lipinski definition) is 4. The molecule has 26 heavy (non-hydrogen) atoms. The molecule has 2 bridgehead atoms. The van der Waals surface area contributed by atoms with Crippen LogP contribution in [0.15, 0.2) is 18.2 Å². The molecule has 0 aliphatic heterocycles. The molecule has 4 rings (SSSR count). The van der Waals surface area contributed by atoms with Gasteiger partial charge in [0.2, 0.25) is 0 Å². The van der Waals surface area contributed by atoms with Gasteiger partial charge in [-0.2, -0.15) is 0 Å². The van der Waals surface area contributed by atoms with E-state index in [1.165, 1.54) is 0 Å². The van der Waals surface area contributed by atoms with Crippen molar-refractivity contribution in [3.8, 4) is 11.5 Å². The number of rotatable bonds is 4. The van der Waals surface area contributed by atoms with Crippen LogP contribution in [0, 0.1) is 12.8 Å². The van der Waals surface area contributed by atoms with Crippen molar-refractivity contribution in [3.05, 3.63) is 34.9 Å². The molecule has 2 aliphatic rings. The molecule has 0 heterocycles. The summed E-state index contributed by atoms with van der Waals surface area (Å²) in [5.41, 5.74) is 3.08. The second-order valence-electron chi connectivity index (χ2n) is 7.86. The molecule has 2 aromatic carbocycles. The lowest BCUT2D eigenvalue weighted by Gasteiger charge is -2.25. The standard InChI is InChI=1S/C22H26O4/c1-4-5-8-25-22(24)26-21-17-9-12(2)6-7-15(17)20(23)19-16-11-14(18(19)21)10-13(16)3/h6-7,9,13-14,16,23H,4-5,8,10-11H2,1-3H3. The second-order valence-corrected chi connectivity index (χ2v) is 7.86. The minimum atomic E-state index is -0.648. The monoisotopic (exact) mass is 354 g/mol. The smallest absolute Gasteiger partial charge is 0.507 e. The van der Waals surface area contributed by atoms with Crippen LogP contribution in [0.5, 0.6) is 11.5 Å². The number of fused-ring (bicyclic) bond motifs is 6. The van der Waals surface area contributed by atoms with Gasteiger partial charge in [0.05, 0.1) is 6.61 Å². The predicted octanol–water partition coefficient (Wildman–Crippen LogP) is 5.78. The van der Waals surface area contributed by atoms with Gasteiger partial charge in [-0.3, -0.25) is 0 Å². The number of aryl methyl sites for hydroxylation is 1. The second kappa shape index (κ2) is 6.49. The van der Waals surface area contributed by atoms with Crippen LogP contribution in [0.2, 0.25) is 0 Å². The highest BCUT2D eigenvalue weighted by Gasteiger charge is 2.46. The first-order valence-corrected chi connectivity index (χ1v) is 9.64. The summed E-state index contributed by atoms with van der Waals surface area (Å²) in [6.07, 6.45) is 3.25. The van der Waals surface area contributed by atoms with Gasteiger partial charge in [0, 0.05) is 21.9 Å². The number of hydrogen-bond donors (Lipinski definition) is 1. The third-order valence-corrected chi connectivity index (χ3v) is 6.03. The van der Waals surface area contributed by atoms with Crippen LogP contribution in [0.25, 0.3) is 10.8 Å². The van der Waals surface area contributed by atoms with E-state index in [9.17, 15) is 9.90 Å². The number of unbranched alkanes of at least 4 members (excludes halogenated alkanes) is 1. The van der Waals surface area contributed by atoms with Crippen LogP contribution in [0.1, 0.15) is 68.1 Å². The van der Waals surface area contributed by atoms with Crippen molar-refractivity contribution in [3.63, 3.8) is 0 Å². The van der Waals surface area contributed by atoms with Crippen molar-refractivity contribution >= 4 is 16.9 Å². The molecular weight excluding hydrogens is 328 g/mol. The number of phenols is 1. The van der Waals surface area contributed by atoms with Crippen LogP contribution < -0.4 is 4.74 Å². The molecule has 0 amide bonds. The van der Waals surface area contributed by atoms with Crippen molar-refractivity contribution in [2.75, 3.05) is 6.61 Å². The number of carbonyl (C=O) groups excluding carboxylic acids is 1. The van der Waals surface area contributed by atoms with Crippen molar-refractivity contribution in [2.24, 2.45) is 5.92 Å². The zero-order valence-electron chi connectivity index (χ0n) is 15.7. The Morgan fingerprint density at radius 2 is 2.04 bits per heavy atom. The van der Waals surface area contributed by atoms with Gasteiger partial charge in [-0.15, -0.1) is 0 Å². The van der Waals surface area contributed by atoms with Gasteiger partial charge in [-0.25, -0.2) is 4.79 Å². The molecule has 2 aliphatic carbocycles. The lowest BCUT2D eigenvalue weighted by molar-refractivity contribution is 0.0978. The summed E-state index contributed by atoms with van der Waals surface area (Å²) in [5, 5.41) is 12.5. The molecule has 2 aromatic rings. The molecule has 1 saturated carbocycles. The van der Waals surface area contributed by atoms with Crippen molar-refractivity contribution in [1.29, 1.82) is 0 Å². The summed E-state index contributed by atoms with van der Waals surface area (Å²) in [5.74, 6) is 2.20. The molecule has 0 spiro atoms. The Labute approximate surface area is 154 Å². The maximum atomic E-state index is 12.3.